The molecule has 194 valence electrons. The highest BCUT2D eigenvalue weighted by atomic mass is 79.9. The third-order valence-corrected chi connectivity index (χ3v) is 7.30. The van der Waals surface area contributed by atoms with Crippen molar-refractivity contribution >= 4 is 39.2 Å². The number of rotatable bonds is 7. The lowest BCUT2D eigenvalue weighted by Crippen LogP contribution is -2.43. The number of carbonyl (C=O) groups excluding carboxylic acids is 1. The summed E-state index contributed by atoms with van der Waals surface area (Å²) in [5.41, 5.74) is 5.69. The quantitative estimate of drug-likeness (QED) is 0.327. The second-order valence-corrected chi connectivity index (χ2v) is 10.2. The zero-order valence-electron chi connectivity index (χ0n) is 21.4. The second kappa shape index (κ2) is 11.8. The Kier molecular flexibility index (Phi) is 8.02. The molecule has 0 unspecified atom stereocenters. The monoisotopic (exact) mass is 572 g/mol. The number of piperazine rings is 1. The van der Waals surface area contributed by atoms with Crippen LogP contribution in [0.1, 0.15) is 21.5 Å². The summed E-state index contributed by atoms with van der Waals surface area (Å²) < 4.78 is 0.987. The molecule has 0 radical (unpaired) electrons. The minimum atomic E-state index is -0.192. The molecule has 10 heteroatoms. The Morgan fingerprint density at radius 1 is 1.03 bits per heavy atom. The molecular weight excluding hydrogens is 544 g/mol. The van der Waals surface area contributed by atoms with E-state index in [1.807, 2.05) is 37.3 Å². The fourth-order valence-electron chi connectivity index (χ4n) is 4.23. The summed E-state index contributed by atoms with van der Waals surface area (Å²) >= 11 is 3.69. The molecule has 2 aromatic heterocycles. The zero-order chi connectivity index (χ0) is 26.5. The van der Waals surface area contributed by atoms with E-state index in [1.165, 1.54) is 11.9 Å². The van der Waals surface area contributed by atoms with Gasteiger partial charge in [0, 0.05) is 78.3 Å². The minimum Gasteiger partial charge on any atom is -0.324 e. The largest absolute Gasteiger partial charge is 0.324 e. The van der Waals surface area contributed by atoms with Crippen LogP contribution in [-0.4, -0.2) is 68.9 Å². The molecular formula is C28H29BrN8O. The lowest BCUT2D eigenvalue weighted by molar-refractivity contribution is 0.102. The van der Waals surface area contributed by atoms with Gasteiger partial charge in [-0.25, -0.2) is 19.9 Å². The molecule has 1 aliphatic heterocycles. The van der Waals surface area contributed by atoms with E-state index >= 15 is 0 Å². The first kappa shape index (κ1) is 25.9. The molecule has 2 N–H and O–H groups in total. The van der Waals surface area contributed by atoms with E-state index in [0.717, 1.165) is 59.7 Å². The Morgan fingerprint density at radius 2 is 1.82 bits per heavy atom. The number of nitrogens with one attached hydrogen (secondary N) is 2. The topological polar surface area (TPSA) is 99.2 Å². The Morgan fingerprint density at radius 3 is 2.58 bits per heavy atom. The van der Waals surface area contributed by atoms with Crippen molar-refractivity contribution in [2.75, 3.05) is 43.9 Å². The van der Waals surface area contributed by atoms with Crippen LogP contribution in [0.5, 0.6) is 0 Å². The van der Waals surface area contributed by atoms with Crippen LogP contribution in [0.4, 0.5) is 17.3 Å². The van der Waals surface area contributed by atoms with Crippen LogP contribution in [0, 0.1) is 6.92 Å². The fraction of sp³-hybridized carbons (Fsp3) is 0.250. The lowest BCUT2D eigenvalue weighted by Gasteiger charge is -2.32. The van der Waals surface area contributed by atoms with Crippen molar-refractivity contribution < 1.29 is 4.79 Å². The number of benzene rings is 2. The van der Waals surface area contributed by atoms with Crippen molar-refractivity contribution in [3.63, 3.8) is 0 Å². The number of aryl methyl sites for hydroxylation is 1. The molecule has 38 heavy (non-hydrogen) atoms. The van der Waals surface area contributed by atoms with Gasteiger partial charge in [-0.3, -0.25) is 9.69 Å². The molecule has 1 aliphatic rings. The molecule has 0 bridgehead atoms. The van der Waals surface area contributed by atoms with Gasteiger partial charge in [0.05, 0.1) is 5.69 Å². The maximum absolute atomic E-state index is 13.1. The normalized spacial score (nSPS) is 14.3. The van der Waals surface area contributed by atoms with Crippen LogP contribution < -0.4 is 10.6 Å². The summed E-state index contributed by atoms with van der Waals surface area (Å²) in [5, 5.41) is 6.26. The number of halogens is 1. The molecule has 0 spiro atoms. The third kappa shape index (κ3) is 6.39. The Bertz CT molecular complexity index is 1420. The maximum Gasteiger partial charge on any atom is 0.255 e. The van der Waals surface area contributed by atoms with Crippen molar-refractivity contribution in [1.29, 1.82) is 0 Å². The Labute approximate surface area is 230 Å². The lowest BCUT2D eigenvalue weighted by atomic mass is 10.1. The van der Waals surface area contributed by atoms with E-state index in [-0.39, 0.29) is 5.91 Å². The zero-order valence-corrected chi connectivity index (χ0v) is 22.9. The first-order valence-corrected chi connectivity index (χ1v) is 13.2. The van der Waals surface area contributed by atoms with Crippen LogP contribution in [0.15, 0.2) is 71.9 Å². The highest BCUT2D eigenvalue weighted by Crippen LogP contribution is 2.25. The van der Waals surface area contributed by atoms with Gasteiger partial charge in [-0.1, -0.05) is 28.1 Å². The van der Waals surface area contributed by atoms with Gasteiger partial charge in [0.15, 0.2) is 0 Å². The van der Waals surface area contributed by atoms with Crippen LogP contribution >= 0.6 is 15.9 Å². The molecule has 3 heterocycles. The van der Waals surface area contributed by atoms with Gasteiger partial charge in [-0.2, -0.15) is 0 Å². The van der Waals surface area contributed by atoms with Crippen LogP contribution in [0.2, 0.25) is 0 Å². The summed E-state index contributed by atoms with van der Waals surface area (Å²) in [7, 11) is 2.16. The number of carbonyl (C=O) groups is 1. The van der Waals surface area contributed by atoms with Gasteiger partial charge in [0.2, 0.25) is 5.95 Å². The number of nitrogens with zero attached hydrogens (tertiary/aromatic N) is 6. The molecule has 2 aromatic carbocycles. The van der Waals surface area contributed by atoms with Gasteiger partial charge in [-0.05, 0) is 55.4 Å². The van der Waals surface area contributed by atoms with E-state index in [9.17, 15) is 4.79 Å². The predicted molar refractivity (Wildman–Crippen MR) is 152 cm³/mol. The molecule has 0 atom stereocenters. The molecule has 0 aliphatic carbocycles. The van der Waals surface area contributed by atoms with E-state index < -0.39 is 0 Å². The molecule has 1 fully saturated rings. The van der Waals surface area contributed by atoms with E-state index in [0.29, 0.717) is 17.2 Å². The summed E-state index contributed by atoms with van der Waals surface area (Å²) in [6, 6.07) is 13.3. The number of likely N-dealkylation sites (N-methyl/N-ethyl adjacent to an activating group) is 1. The molecule has 1 saturated heterocycles. The highest BCUT2D eigenvalue weighted by Gasteiger charge is 2.16. The van der Waals surface area contributed by atoms with Crippen molar-refractivity contribution in [2.24, 2.45) is 0 Å². The van der Waals surface area contributed by atoms with E-state index in [1.54, 1.807) is 24.7 Å². The van der Waals surface area contributed by atoms with E-state index in [2.05, 4.69) is 69.4 Å². The average Bonchev–Trinajstić information content (AvgIpc) is 2.93. The Balaban J connectivity index is 1.26. The van der Waals surface area contributed by atoms with Crippen LogP contribution in [0.3, 0.4) is 0 Å². The van der Waals surface area contributed by atoms with Crippen molar-refractivity contribution in [2.45, 2.75) is 13.5 Å². The van der Waals surface area contributed by atoms with Gasteiger partial charge in [-0.15, -0.1) is 0 Å². The van der Waals surface area contributed by atoms with E-state index in [4.69, 9.17) is 0 Å². The van der Waals surface area contributed by atoms with Gasteiger partial charge < -0.3 is 15.5 Å². The minimum absolute atomic E-state index is 0.192. The summed E-state index contributed by atoms with van der Waals surface area (Å²) in [6.45, 7) is 7.13. The third-order valence-electron chi connectivity index (χ3n) is 6.56. The first-order chi connectivity index (χ1) is 18.4. The standard InChI is InChI=1S/C28H29BrN8O/c1-19-3-4-20(13-26(19)35-28-32-8-7-25(34-28)22-15-30-18-31-16-22)27(38)33-23-6-5-21(24(29)14-23)17-37-11-9-36(2)10-12-37/h3-8,13-16,18H,9-12,17H2,1-2H3,(H,33,38)(H,32,34,35). The fourth-order valence-corrected chi connectivity index (χ4v) is 4.74. The van der Waals surface area contributed by atoms with Crippen LogP contribution in [0.25, 0.3) is 11.3 Å². The average molecular weight is 573 g/mol. The Hall–Kier alpha value is -3.73. The first-order valence-electron chi connectivity index (χ1n) is 12.4. The molecule has 5 rings (SSSR count). The molecule has 9 nitrogen and oxygen atoms in total. The molecule has 0 saturated carbocycles. The number of hydrogen-bond donors (Lipinski definition) is 2. The number of hydrogen-bond acceptors (Lipinski definition) is 8. The number of anilines is 3. The van der Waals surface area contributed by atoms with Gasteiger partial charge in [0.25, 0.3) is 5.91 Å². The summed E-state index contributed by atoms with van der Waals surface area (Å²) in [5.74, 6) is 0.231. The highest BCUT2D eigenvalue weighted by molar-refractivity contribution is 9.10. The van der Waals surface area contributed by atoms with Crippen molar-refractivity contribution in [1.82, 2.24) is 29.7 Å². The van der Waals surface area contributed by atoms with Gasteiger partial charge >= 0.3 is 0 Å². The van der Waals surface area contributed by atoms with Gasteiger partial charge in [0.1, 0.15) is 6.33 Å². The van der Waals surface area contributed by atoms with Crippen molar-refractivity contribution in [3.05, 3.63) is 88.5 Å². The SMILES string of the molecule is Cc1ccc(C(=O)Nc2ccc(CN3CCN(C)CC3)c(Br)c2)cc1Nc1nccc(-c2cncnc2)n1. The van der Waals surface area contributed by atoms with Crippen LogP contribution in [-0.2, 0) is 6.54 Å². The number of amides is 1. The summed E-state index contributed by atoms with van der Waals surface area (Å²) in [4.78, 5) is 34.9. The number of aromatic nitrogens is 4. The molecule has 4 aromatic rings. The predicted octanol–water partition coefficient (Wildman–Crippen LogP) is 4.75. The second-order valence-electron chi connectivity index (χ2n) is 9.39. The molecule has 1 amide bonds. The summed E-state index contributed by atoms with van der Waals surface area (Å²) in [6.07, 6.45) is 6.56. The van der Waals surface area contributed by atoms with Crippen molar-refractivity contribution in [3.8, 4) is 11.3 Å². The smallest absolute Gasteiger partial charge is 0.255 e. The maximum atomic E-state index is 13.1.